The molecule has 0 bridgehead atoms. The highest BCUT2D eigenvalue weighted by Crippen LogP contribution is 2.26. The molecule has 136 valence electrons. The molecule has 25 heavy (non-hydrogen) atoms. The van der Waals surface area contributed by atoms with Crippen LogP contribution in [0.25, 0.3) is 0 Å². The van der Waals surface area contributed by atoms with Crippen molar-refractivity contribution >= 4 is 21.6 Å². The molecular formula is C18H22ClNO4S. The highest BCUT2D eigenvalue weighted by atomic mass is 35.5. The Hall–Kier alpha value is -1.76. The summed E-state index contributed by atoms with van der Waals surface area (Å²) < 4.78 is 38.0. The number of sulfonamides is 1. The predicted molar refractivity (Wildman–Crippen MR) is 99.2 cm³/mol. The van der Waals surface area contributed by atoms with Crippen molar-refractivity contribution < 1.29 is 17.9 Å². The molecule has 0 aromatic heterocycles. The van der Waals surface area contributed by atoms with E-state index in [-0.39, 0.29) is 23.8 Å². The second-order valence-corrected chi connectivity index (χ2v) is 7.94. The molecule has 0 atom stereocenters. The first-order valence-electron chi connectivity index (χ1n) is 7.89. The zero-order valence-electron chi connectivity index (χ0n) is 14.5. The van der Waals surface area contributed by atoms with Gasteiger partial charge in [-0.2, -0.15) is 0 Å². The van der Waals surface area contributed by atoms with Crippen LogP contribution in [0.15, 0.2) is 47.4 Å². The molecule has 0 aliphatic carbocycles. The van der Waals surface area contributed by atoms with E-state index in [1.54, 1.807) is 6.07 Å². The van der Waals surface area contributed by atoms with Gasteiger partial charge in [0.05, 0.1) is 7.11 Å². The normalized spacial score (nSPS) is 11.6. The second kappa shape index (κ2) is 8.56. The van der Waals surface area contributed by atoms with Gasteiger partial charge in [-0.25, -0.2) is 13.1 Å². The first kappa shape index (κ1) is 19.6. The molecule has 0 saturated carbocycles. The Bertz CT molecular complexity index is 822. The van der Waals surface area contributed by atoms with Gasteiger partial charge in [0.1, 0.15) is 23.0 Å². The fraction of sp³-hybridized carbons (Fsp3) is 0.333. The van der Waals surface area contributed by atoms with Crippen LogP contribution in [0.5, 0.6) is 11.5 Å². The Labute approximate surface area is 154 Å². The third-order valence-electron chi connectivity index (χ3n) is 3.60. The number of rotatable bonds is 8. The number of benzene rings is 2. The summed E-state index contributed by atoms with van der Waals surface area (Å²) in [6.45, 7) is 4.55. The van der Waals surface area contributed by atoms with E-state index in [0.717, 1.165) is 0 Å². The number of nitrogens with one attached hydrogen (secondary N) is 1. The third kappa shape index (κ3) is 5.36. The largest absolute Gasteiger partial charge is 0.495 e. The van der Waals surface area contributed by atoms with E-state index < -0.39 is 10.0 Å². The fourth-order valence-corrected chi connectivity index (χ4v) is 3.69. The fourth-order valence-electron chi connectivity index (χ4n) is 2.25. The van der Waals surface area contributed by atoms with Crippen molar-refractivity contribution in [3.05, 3.63) is 53.1 Å². The highest BCUT2D eigenvalue weighted by molar-refractivity contribution is 7.89. The van der Waals surface area contributed by atoms with Gasteiger partial charge in [-0.15, -0.1) is 0 Å². The summed E-state index contributed by atoms with van der Waals surface area (Å²) in [4.78, 5) is 0.00399. The Balaban J connectivity index is 1.97. The molecule has 0 heterocycles. The van der Waals surface area contributed by atoms with E-state index in [1.165, 1.54) is 24.8 Å². The van der Waals surface area contributed by atoms with E-state index in [2.05, 4.69) is 18.6 Å². The van der Waals surface area contributed by atoms with Crippen molar-refractivity contribution in [1.82, 2.24) is 4.72 Å². The minimum atomic E-state index is -3.74. The summed E-state index contributed by atoms with van der Waals surface area (Å²) in [5.41, 5.74) is 1.17. The highest BCUT2D eigenvalue weighted by Gasteiger charge is 2.19. The number of ether oxygens (including phenoxy) is 2. The minimum Gasteiger partial charge on any atom is -0.495 e. The van der Waals surface area contributed by atoms with E-state index in [9.17, 15) is 8.42 Å². The Morgan fingerprint density at radius 3 is 2.60 bits per heavy atom. The lowest BCUT2D eigenvalue weighted by molar-refractivity contribution is 0.322. The van der Waals surface area contributed by atoms with Crippen molar-refractivity contribution in [1.29, 1.82) is 0 Å². The number of hydrogen-bond donors (Lipinski definition) is 1. The van der Waals surface area contributed by atoms with Crippen LogP contribution in [0.4, 0.5) is 0 Å². The van der Waals surface area contributed by atoms with Crippen LogP contribution < -0.4 is 14.2 Å². The summed E-state index contributed by atoms with van der Waals surface area (Å²) in [5, 5.41) is 0.322. The summed E-state index contributed by atoms with van der Waals surface area (Å²) in [6.07, 6.45) is 0. The number of halogens is 1. The predicted octanol–water partition coefficient (Wildman–Crippen LogP) is 3.83. The first-order chi connectivity index (χ1) is 11.8. The number of hydrogen-bond acceptors (Lipinski definition) is 4. The van der Waals surface area contributed by atoms with Crippen LogP contribution in [0, 0.1) is 0 Å². The molecule has 0 spiro atoms. The maximum Gasteiger partial charge on any atom is 0.244 e. The van der Waals surface area contributed by atoms with E-state index >= 15 is 0 Å². The van der Waals surface area contributed by atoms with Crippen molar-refractivity contribution in [2.24, 2.45) is 0 Å². The molecule has 2 rings (SSSR count). The standard InChI is InChI=1S/C18H22ClNO4S/c1-13(2)14-5-4-6-16(11-14)24-10-9-20-25(21,22)18-12-15(19)7-8-17(18)23-3/h4-8,11-13,20H,9-10H2,1-3H3. The summed E-state index contributed by atoms with van der Waals surface area (Å²) in [7, 11) is -2.33. The van der Waals surface area contributed by atoms with Gasteiger partial charge in [0.2, 0.25) is 10.0 Å². The molecule has 0 radical (unpaired) electrons. The quantitative estimate of drug-likeness (QED) is 0.703. The van der Waals surface area contributed by atoms with Crippen LogP contribution in [0.2, 0.25) is 5.02 Å². The summed E-state index contributed by atoms with van der Waals surface area (Å²) >= 11 is 5.89. The van der Waals surface area contributed by atoms with Crippen molar-refractivity contribution in [2.45, 2.75) is 24.7 Å². The Morgan fingerprint density at radius 2 is 1.92 bits per heavy atom. The average molecular weight is 384 g/mol. The van der Waals surface area contributed by atoms with Crippen LogP contribution in [0.1, 0.15) is 25.3 Å². The van der Waals surface area contributed by atoms with Crippen molar-refractivity contribution in [3.63, 3.8) is 0 Å². The van der Waals surface area contributed by atoms with Gasteiger partial charge in [0, 0.05) is 11.6 Å². The first-order valence-corrected chi connectivity index (χ1v) is 9.75. The number of methoxy groups -OCH3 is 1. The molecule has 7 heteroatoms. The van der Waals surface area contributed by atoms with E-state index in [0.29, 0.717) is 16.7 Å². The molecule has 0 saturated heterocycles. The molecule has 0 amide bonds. The molecule has 0 unspecified atom stereocenters. The topological polar surface area (TPSA) is 64.6 Å². The lowest BCUT2D eigenvalue weighted by Gasteiger charge is -2.12. The van der Waals surface area contributed by atoms with Crippen LogP contribution in [0.3, 0.4) is 0 Å². The smallest absolute Gasteiger partial charge is 0.244 e. The summed E-state index contributed by atoms with van der Waals surface area (Å²) in [6, 6.07) is 12.2. The molecule has 0 fully saturated rings. The maximum atomic E-state index is 12.4. The Kier molecular flexibility index (Phi) is 6.70. The molecular weight excluding hydrogens is 362 g/mol. The second-order valence-electron chi connectivity index (χ2n) is 5.77. The zero-order valence-corrected chi connectivity index (χ0v) is 16.0. The van der Waals surface area contributed by atoms with Crippen molar-refractivity contribution in [2.75, 3.05) is 20.3 Å². The SMILES string of the molecule is COc1ccc(Cl)cc1S(=O)(=O)NCCOc1cccc(C(C)C)c1. The van der Waals surface area contributed by atoms with Gasteiger partial charge < -0.3 is 9.47 Å². The van der Waals surface area contributed by atoms with Gasteiger partial charge >= 0.3 is 0 Å². The van der Waals surface area contributed by atoms with Crippen LogP contribution in [-0.2, 0) is 10.0 Å². The molecule has 0 aliphatic rings. The van der Waals surface area contributed by atoms with E-state index in [1.807, 2.05) is 24.3 Å². The molecule has 2 aromatic carbocycles. The maximum absolute atomic E-state index is 12.4. The third-order valence-corrected chi connectivity index (χ3v) is 5.32. The average Bonchev–Trinajstić information content (AvgIpc) is 2.59. The molecule has 5 nitrogen and oxygen atoms in total. The Morgan fingerprint density at radius 1 is 1.16 bits per heavy atom. The lowest BCUT2D eigenvalue weighted by atomic mass is 10.0. The summed E-state index contributed by atoms with van der Waals surface area (Å²) in [5.74, 6) is 1.35. The van der Waals surface area contributed by atoms with Crippen LogP contribution in [-0.4, -0.2) is 28.7 Å². The van der Waals surface area contributed by atoms with Gasteiger partial charge in [-0.1, -0.05) is 37.6 Å². The molecule has 0 aliphatic heterocycles. The van der Waals surface area contributed by atoms with Crippen LogP contribution >= 0.6 is 11.6 Å². The van der Waals surface area contributed by atoms with Gasteiger partial charge in [0.25, 0.3) is 0 Å². The van der Waals surface area contributed by atoms with Gasteiger partial charge in [-0.3, -0.25) is 0 Å². The van der Waals surface area contributed by atoms with E-state index in [4.69, 9.17) is 21.1 Å². The minimum absolute atomic E-state index is 0.00399. The molecule has 2 aromatic rings. The monoisotopic (exact) mass is 383 g/mol. The lowest BCUT2D eigenvalue weighted by Crippen LogP contribution is -2.28. The van der Waals surface area contributed by atoms with Gasteiger partial charge in [-0.05, 0) is 41.8 Å². The van der Waals surface area contributed by atoms with Crippen molar-refractivity contribution in [3.8, 4) is 11.5 Å². The van der Waals surface area contributed by atoms with Gasteiger partial charge in [0.15, 0.2) is 0 Å². The molecule has 1 N–H and O–H groups in total. The zero-order chi connectivity index (χ0) is 18.4.